The molecule has 1 aliphatic rings. The van der Waals surface area contributed by atoms with Crippen molar-refractivity contribution >= 4 is 23.2 Å². The van der Waals surface area contributed by atoms with Crippen LogP contribution in [-0.2, 0) is 4.79 Å². The molecule has 0 spiro atoms. The van der Waals surface area contributed by atoms with E-state index in [1.807, 2.05) is 12.3 Å². The van der Waals surface area contributed by atoms with E-state index in [2.05, 4.69) is 21.1 Å². The molecule has 2 rings (SSSR count). The maximum atomic E-state index is 11.7. The molecule has 1 aromatic rings. The monoisotopic (exact) mass is 282 g/mol. The highest BCUT2D eigenvalue weighted by Gasteiger charge is 2.24. The topological polar surface area (TPSA) is 73.5 Å². The number of hydrazine groups is 1. The van der Waals surface area contributed by atoms with E-state index >= 15 is 0 Å². The fourth-order valence-corrected chi connectivity index (χ4v) is 2.47. The molecule has 2 amide bonds. The van der Waals surface area contributed by atoms with E-state index in [-0.39, 0.29) is 11.8 Å². The summed E-state index contributed by atoms with van der Waals surface area (Å²) in [7, 11) is 0. The van der Waals surface area contributed by atoms with Gasteiger partial charge in [-0.3, -0.25) is 25.3 Å². The van der Waals surface area contributed by atoms with Crippen LogP contribution in [0.5, 0.6) is 0 Å². The summed E-state index contributed by atoms with van der Waals surface area (Å²) in [5.41, 5.74) is 4.86. The molecule has 0 saturated carbocycles. The second kappa shape index (κ2) is 6.65. The summed E-state index contributed by atoms with van der Waals surface area (Å²) < 4.78 is 0. The molecule has 1 aromatic heterocycles. The molecule has 0 aromatic carbocycles. The predicted molar refractivity (Wildman–Crippen MR) is 73.8 cm³/mol. The molecule has 1 saturated heterocycles. The number of amides is 2. The summed E-state index contributed by atoms with van der Waals surface area (Å²) in [5, 5.41) is 4.99. The first-order chi connectivity index (χ1) is 9.20. The molecular formula is C12H18N4O2S. The highest BCUT2D eigenvalue weighted by atomic mass is 32.1. The molecule has 19 heavy (non-hydrogen) atoms. The Labute approximate surface area is 116 Å². The number of likely N-dealkylation sites (N-methyl/N-ethyl adjacent to an activating group) is 1. The molecule has 0 unspecified atom stereocenters. The maximum Gasteiger partial charge on any atom is 0.279 e. The predicted octanol–water partition coefficient (Wildman–Crippen LogP) is -0.197. The van der Waals surface area contributed by atoms with Gasteiger partial charge in [0.05, 0.1) is 11.4 Å². The fourth-order valence-electron chi connectivity index (χ4n) is 1.85. The number of thiophene rings is 1. The maximum absolute atomic E-state index is 11.7. The summed E-state index contributed by atoms with van der Waals surface area (Å²) >= 11 is 1.34. The van der Waals surface area contributed by atoms with E-state index in [0.717, 1.165) is 19.6 Å². The third kappa shape index (κ3) is 3.76. The van der Waals surface area contributed by atoms with Crippen molar-refractivity contribution in [3.63, 3.8) is 0 Å². The Morgan fingerprint density at radius 1 is 1.47 bits per heavy atom. The first kappa shape index (κ1) is 14.0. The van der Waals surface area contributed by atoms with E-state index in [1.54, 1.807) is 12.1 Å². The van der Waals surface area contributed by atoms with Gasteiger partial charge >= 0.3 is 0 Å². The van der Waals surface area contributed by atoms with E-state index < -0.39 is 0 Å². The molecule has 0 atom stereocenters. The van der Waals surface area contributed by atoms with Crippen LogP contribution in [0, 0.1) is 0 Å². The van der Waals surface area contributed by atoms with Gasteiger partial charge in [0.2, 0.25) is 0 Å². The molecule has 0 aliphatic carbocycles. The number of nitrogens with zero attached hydrogens (tertiary/aromatic N) is 1. The summed E-state index contributed by atoms with van der Waals surface area (Å²) in [5.74, 6) is -0.477. The lowest BCUT2D eigenvalue weighted by molar-refractivity contribution is -0.123. The van der Waals surface area contributed by atoms with Gasteiger partial charge in [-0.25, -0.2) is 0 Å². The van der Waals surface area contributed by atoms with Crippen LogP contribution in [0.15, 0.2) is 17.5 Å². The van der Waals surface area contributed by atoms with Crippen LogP contribution in [0.3, 0.4) is 0 Å². The minimum absolute atomic E-state index is 0.196. The number of carbonyl (C=O) groups excluding carboxylic acids is 2. The van der Waals surface area contributed by atoms with Crippen LogP contribution < -0.4 is 16.2 Å². The zero-order chi connectivity index (χ0) is 13.7. The van der Waals surface area contributed by atoms with Gasteiger partial charge in [-0.05, 0) is 18.0 Å². The zero-order valence-corrected chi connectivity index (χ0v) is 11.6. The van der Waals surface area contributed by atoms with Gasteiger partial charge in [-0.2, -0.15) is 0 Å². The van der Waals surface area contributed by atoms with Crippen molar-refractivity contribution < 1.29 is 9.59 Å². The van der Waals surface area contributed by atoms with Crippen LogP contribution in [0.1, 0.15) is 16.6 Å². The van der Waals surface area contributed by atoms with Crippen molar-refractivity contribution in [1.82, 2.24) is 21.1 Å². The summed E-state index contributed by atoms with van der Waals surface area (Å²) in [6.45, 7) is 4.98. The van der Waals surface area contributed by atoms with Crippen LogP contribution in [-0.4, -0.2) is 48.9 Å². The average molecular weight is 282 g/mol. The lowest BCUT2D eigenvalue weighted by Gasteiger charge is -2.37. The van der Waals surface area contributed by atoms with Crippen LogP contribution in [0.4, 0.5) is 0 Å². The van der Waals surface area contributed by atoms with Gasteiger partial charge in [0.1, 0.15) is 0 Å². The highest BCUT2D eigenvalue weighted by molar-refractivity contribution is 7.12. The van der Waals surface area contributed by atoms with Gasteiger partial charge in [0.15, 0.2) is 0 Å². The lowest BCUT2D eigenvalue weighted by atomic mass is 10.1. The fraction of sp³-hybridized carbons (Fsp3) is 0.500. The Balaban J connectivity index is 1.73. The molecule has 1 aliphatic heterocycles. The van der Waals surface area contributed by atoms with E-state index in [0.29, 0.717) is 17.5 Å². The Bertz CT molecular complexity index is 431. The van der Waals surface area contributed by atoms with Crippen molar-refractivity contribution in [1.29, 1.82) is 0 Å². The van der Waals surface area contributed by atoms with Crippen LogP contribution in [0.25, 0.3) is 0 Å². The first-order valence-electron chi connectivity index (χ1n) is 6.28. The Kier molecular flexibility index (Phi) is 4.89. The molecule has 1 fully saturated rings. The number of carbonyl (C=O) groups is 2. The van der Waals surface area contributed by atoms with Crippen molar-refractivity contribution in [2.45, 2.75) is 13.0 Å². The first-order valence-corrected chi connectivity index (χ1v) is 7.16. The number of hydrogen-bond acceptors (Lipinski definition) is 5. The van der Waals surface area contributed by atoms with Crippen LogP contribution in [0.2, 0.25) is 0 Å². The number of hydrogen-bond donors (Lipinski definition) is 3. The Morgan fingerprint density at radius 2 is 2.26 bits per heavy atom. The smallest absolute Gasteiger partial charge is 0.279 e. The zero-order valence-electron chi connectivity index (χ0n) is 10.8. The van der Waals surface area contributed by atoms with Gasteiger partial charge in [-0.1, -0.05) is 13.0 Å². The minimum Gasteiger partial charge on any atom is -0.314 e. The SMILES string of the molecule is CCN(CC(=O)NNC(=O)c1cccs1)C1CNC1. The van der Waals surface area contributed by atoms with Crippen molar-refractivity contribution in [3.05, 3.63) is 22.4 Å². The normalized spacial score (nSPS) is 15.1. The van der Waals surface area contributed by atoms with Gasteiger partial charge in [0, 0.05) is 19.1 Å². The second-order valence-electron chi connectivity index (χ2n) is 4.35. The van der Waals surface area contributed by atoms with Crippen molar-refractivity contribution in [2.75, 3.05) is 26.2 Å². The molecule has 3 N–H and O–H groups in total. The van der Waals surface area contributed by atoms with Crippen molar-refractivity contribution in [2.24, 2.45) is 0 Å². The third-order valence-corrected chi connectivity index (χ3v) is 3.96. The standard InChI is InChI=1S/C12H18N4O2S/c1-2-16(9-6-13-7-9)8-11(17)14-15-12(18)10-4-3-5-19-10/h3-5,9,13H,2,6-8H2,1H3,(H,14,17)(H,15,18). The number of rotatable bonds is 5. The Hall–Kier alpha value is -1.44. The summed E-state index contributed by atoms with van der Waals surface area (Å²) in [6.07, 6.45) is 0. The van der Waals surface area contributed by atoms with Crippen LogP contribution >= 0.6 is 11.3 Å². The molecular weight excluding hydrogens is 264 g/mol. The quantitative estimate of drug-likeness (QED) is 0.654. The molecule has 6 nitrogen and oxygen atoms in total. The lowest BCUT2D eigenvalue weighted by Crippen LogP contribution is -2.59. The van der Waals surface area contributed by atoms with E-state index in [1.165, 1.54) is 11.3 Å². The molecule has 7 heteroatoms. The van der Waals surface area contributed by atoms with Crippen molar-refractivity contribution in [3.8, 4) is 0 Å². The molecule has 0 radical (unpaired) electrons. The van der Waals surface area contributed by atoms with Gasteiger partial charge < -0.3 is 5.32 Å². The highest BCUT2D eigenvalue weighted by Crippen LogP contribution is 2.07. The van der Waals surface area contributed by atoms with Gasteiger partial charge in [0.25, 0.3) is 11.8 Å². The molecule has 2 heterocycles. The molecule has 104 valence electrons. The minimum atomic E-state index is -0.281. The largest absolute Gasteiger partial charge is 0.314 e. The molecule has 0 bridgehead atoms. The summed E-state index contributed by atoms with van der Waals surface area (Å²) in [4.78, 5) is 26.0. The summed E-state index contributed by atoms with van der Waals surface area (Å²) in [6, 6.07) is 3.93. The average Bonchev–Trinajstić information content (AvgIpc) is 2.86. The van der Waals surface area contributed by atoms with E-state index in [4.69, 9.17) is 0 Å². The second-order valence-corrected chi connectivity index (χ2v) is 5.30. The third-order valence-electron chi connectivity index (χ3n) is 3.09. The Morgan fingerprint density at radius 3 is 2.79 bits per heavy atom. The van der Waals surface area contributed by atoms with E-state index in [9.17, 15) is 9.59 Å². The number of nitrogens with one attached hydrogen (secondary N) is 3. The van der Waals surface area contributed by atoms with Gasteiger partial charge in [-0.15, -0.1) is 11.3 Å².